The van der Waals surface area contributed by atoms with Gasteiger partial charge in [-0.2, -0.15) is 0 Å². The molecular weight excluding hydrogens is 404 g/mol. The number of hydrogen-bond acceptors (Lipinski definition) is 2. The zero-order valence-corrected chi connectivity index (χ0v) is 22.6. The summed E-state index contributed by atoms with van der Waals surface area (Å²) in [4.78, 5) is 13.4. The zero-order chi connectivity index (χ0) is 23.5. The van der Waals surface area contributed by atoms with Crippen molar-refractivity contribution in [1.29, 1.82) is 0 Å². The van der Waals surface area contributed by atoms with Crippen molar-refractivity contribution in [2.24, 2.45) is 35.0 Å². The van der Waals surface area contributed by atoms with Gasteiger partial charge in [0.1, 0.15) is 0 Å². The van der Waals surface area contributed by atoms with Gasteiger partial charge in [-0.15, -0.1) is 0 Å². The molecular formula is C31H56O2. The second-order valence-corrected chi connectivity index (χ2v) is 12.5. The first-order valence-electron chi connectivity index (χ1n) is 15.2. The molecule has 3 fully saturated rings. The maximum atomic E-state index is 13.4. The molecule has 33 heavy (non-hydrogen) atoms. The van der Waals surface area contributed by atoms with E-state index in [4.69, 9.17) is 4.74 Å². The summed E-state index contributed by atoms with van der Waals surface area (Å²) < 4.78 is 5.89. The van der Waals surface area contributed by atoms with Crippen molar-refractivity contribution in [2.45, 2.75) is 149 Å². The first kappa shape index (κ1) is 27.1. The first-order valence-corrected chi connectivity index (χ1v) is 15.2. The molecule has 0 spiro atoms. The van der Waals surface area contributed by atoms with Crippen LogP contribution in [-0.4, -0.2) is 12.6 Å². The lowest BCUT2D eigenvalue weighted by atomic mass is 9.62. The fourth-order valence-electron chi connectivity index (χ4n) is 7.41. The molecule has 2 heteroatoms. The molecule has 3 rings (SSSR count). The van der Waals surface area contributed by atoms with E-state index in [-0.39, 0.29) is 11.4 Å². The number of hydrogen-bond donors (Lipinski definition) is 0. The second-order valence-electron chi connectivity index (χ2n) is 12.5. The number of rotatable bonds is 12. The highest BCUT2D eigenvalue weighted by Gasteiger charge is 2.44. The smallest absolute Gasteiger partial charge is 0.312 e. The fourth-order valence-corrected chi connectivity index (χ4v) is 7.41. The largest absolute Gasteiger partial charge is 0.465 e. The van der Waals surface area contributed by atoms with E-state index in [1.54, 1.807) is 0 Å². The molecule has 3 saturated carbocycles. The van der Waals surface area contributed by atoms with Crippen LogP contribution >= 0.6 is 0 Å². The van der Waals surface area contributed by atoms with Gasteiger partial charge in [0.25, 0.3) is 0 Å². The van der Waals surface area contributed by atoms with Crippen LogP contribution in [0.2, 0.25) is 0 Å². The summed E-state index contributed by atoms with van der Waals surface area (Å²) in [5.74, 6) is 4.73. The maximum Gasteiger partial charge on any atom is 0.312 e. The van der Waals surface area contributed by atoms with Crippen molar-refractivity contribution in [3.63, 3.8) is 0 Å². The van der Waals surface area contributed by atoms with Crippen molar-refractivity contribution in [3.05, 3.63) is 0 Å². The van der Waals surface area contributed by atoms with Gasteiger partial charge in [-0.05, 0) is 87.4 Å². The molecule has 0 aromatic rings. The molecule has 0 amide bonds. The average Bonchev–Trinajstić information content (AvgIpc) is 2.85. The Labute approximate surface area is 206 Å². The van der Waals surface area contributed by atoms with Crippen molar-refractivity contribution >= 4 is 5.97 Å². The zero-order valence-electron chi connectivity index (χ0n) is 22.6. The third-order valence-electron chi connectivity index (χ3n) is 10.1. The highest BCUT2D eigenvalue weighted by Crippen LogP contribution is 2.49. The third-order valence-corrected chi connectivity index (χ3v) is 10.1. The molecule has 0 saturated heterocycles. The van der Waals surface area contributed by atoms with Gasteiger partial charge < -0.3 is 4.74 Å². The Hall–Kier alpha value is -0.530. The van der Waals surface area contributed by atoms with Crippen LogP contribution in [0.5, 0.6) is 0 Å². The fraction of sp³-hybridized carbons (Fsp3) is 0.968. The monoisotopic (exact) mass is 460 g/mol. The van der Waals surface area contributed by atoms with Crippen LogP contribution in [0.25, 0.3) is 0 Å². The number of carbonyl (C=O) groups is 1. The van der Waals surface area contributed by atoms with Crippen LogP contribution < -0.4 is 0 Å². The van der Waals surface area contributed by atoms with Crippen LogP contribution in [0.3, 0.4) is 0 Å². The lowest BCUT2D eigenvalue weighted by molar-refractivity contribution is -0.160. The predicted octanol–water partition coefficient (Wildman–Crippen LogP) is 9.50. The number of carbonyl (C=O) groups excluding carboxylic acids is 1. The second kappa shape index (κ2) is 14.1. The van der Waals surface area contributed by atoms with Gasteiger partial charge in [0.15, 0.2) is 0 Å². The summed E-state index contributed by atoms with van der Waals surface area (Å²) in [7, 11) is 0. The highest BCUT2D eigenvalue weighted by molar-refractivity contribution is 5.77. The molecule has 3 aliphatic rings. The molecule has 0 radical (unpaired) electrons. The van der Waals surface area contributed by atoms with Gasteiger partial charge in [0.2, 0.25) is 0 Å². The van der Waals surface area contributed by atoms with Gasteiger partial charge in [0, 0.05) is 0 Å². The van der Waals surface area contributed by atoms with E-state index in [1.165, 1.54) is 96.3 Å². The Balaban J connectivity index is 1.49. The lowest BCUT2D eigenvalue weighted by Crippen LogP contribution is -2.39. The van der Waals surface area contributed by atoms with Crippen molar-refractivity contribution in [3.8, 4) is 0 Å². The number of unbranched alkanes of at least 4 members (excludes halogenated alkanes) is 3. The van der Waals surface area contributed by atoms with Crippen LogP contribution in [0, 0.1) is 35.0 Å². The van der Waals surface area contributed by atoms with Crippen molar-refractivity contribution < 1.29 is 9.53 Å². The summed E-state index contributed by atoms with van der Waals surface area (Å²) >= 11 is 0. The molecule has 0 aromatic heterocycles. The third kappa shape index (κ3) is 8.28. The van der Waals surface area contributed by atoms with Gasteiger partial charge in [0.05, 0.1) is 12.0 Å². The van der Waals surface area contributed by atoms with E-state index >= 15 is 0 Å². The van der Waals surface area contributed by atoms with Crippen molar-refractivity contribution in [1.82, 2.24) is 0 Å². The number of esters is 1. The first-order chi connectivity index (χ1) is 16.1. The van der Waals surface area contributed by atoms with Gasteiger partial charge in [-0.25, -0.2) is 0 Å². The molecule has 0 bridgehead atoms. The summed E-state index contributed by atoms with van der Waals surface area (Å²) in [5.41, 5.74) is -0.163. The summed E-state index contributed by atoms with van der Waals surface area (Å²) in [6.45, 7) is 7.54. The van der Waals surface area contributed by atoms with Crippen LogP contribution in [0.4, 0.5) is 0 Å². The molecule has 0 aliphatic heterocycles. The van der Waals surface area contributed by atoms with Crippen LogP contribution in [-0.2, 0) is 9.53 Å². The molecule has 192 valence electrons. The Morgan fingerprint density at radius 3 is 1.91 bits per heavy atom. The van der Waals surface area contributed by atoms with E-state index in [0.29, 0.717) is 6.61 Å². The van der Waals surface area contributed by atoms with E-state index in [9.17, 15) is 4.79 Å². The van der Waals surface area contributed by atoms with Crippen molar-refractivity contribution in [2.75, 3.05) is 6.61 Å². The van der Waals surface area contributed by atoms with Crippen LogP contribution in [0.1, 0.15) is 149 Å². The highest BCUT2D eigenvalue weighted by atomic mass is 16.5. The topological polar surface area (TPSA) is 26.3 Å². The standard InChI is InChI=1S/C31H56O2/c1-4-6-8-9-26-12-14-27(15-13-26)18-21-31(30(32)33-24-7-5-2)22-19-29(20-23-31)28-16-10-25(3)11-17-28/h25-29H,4-24H2,1-3H3/t25?,26-,27-,28?,29?,31?. The molecule has 2 nitrogen and oxygen atoms in total. The normalized spacial score (nSPS) is 35.3. The summed E-state index contributed by atoms with van der Waals surface area (Å²) in [6.07, 6.45) is 26.2. The Morgan fingerprint density at radius 1 is 0.727 bits per heavy atom. The summed E-state index contributed by atoms with van der Waals surface area (Å²) in [6, 6.07) is 0. The SMILES string of the molecule is CCCCC[C@H]1CC[C@H](CCC2(C(=O)OCCCC)CCC(C3CCC(C)CC3)CC2)CC1. The summed E-state index contributed by atoms with van der Waals surface area (Å²) in [5, 5.41) is 0. The molecule has 0 heterocycles. The minimum atomic E-state index is -0.163. The predicted molar refractivity (Wildman–Crippen MR) is 140 cm³/mol. The van der Waals surface area contributed by atoms with Gasteiger partial charge >= 0.3 is 5.97 Å². The molecule has 0 unspecified atom stereocenters. The molecule has 0 N–H and O–H groups in total. The van der Waals surface area contributed by atoms with E-state index < -0.39 is 0 Å². The number of ether oxygens (including phenoxy) is 1. The van der Waals surface area contributed by atoms with Gasteiger partial charge in [-0.3, -0.25) is 4.79 Å². The quantitative estimate of drug-likeness (QED) is 0.214. The van der Waals surface area contributed by atoms with Crippen LogP contribution in [0.15, 0.2) is 0 Å². The Bertz CT molecular complexity index is 531. The minimum absolute atomic E-state index is 0.163. The molecule has 0 atom stereocenters. The van der Waals surface area contributed by atoms with E-state index in [1.807, 2.05) is 0 Å². The average molecular weight is 461 g/mol. The molecule has 3 aliphatic carbocycles. The lowest BCUT2D eigenvalue weighted by Gasteiger charge is -2.43. The Kier molecular flexibility index (Phi) is 11.6. The molecule has 0 aromatic carbocycles. The van der Waals surface area contributed by atoms with Gasteiger partial charge in [-0.1, -0.05) is 91.4 Å². The van der Waals surface area contributed by atoms with E-state index in [2.05, 4.69) is 20.8 Å². The Morgan fingerprint density at radius 2 is 1.30 bits per heavy atom. The minimum Gasteiger partial charge on any atom is -0.465 e. The maximum absolute atomic E-state index is 13.4. The van der Waals surface area contributed by atoms with E-state index in [0.717, 1.165) is 61.7 Å².